The Bertz CT molecular complexity index is 379. The fourth-order valence-corrected chi connectivity index (χ4v) is 1.72. The maximum Gasteiger partial charge on any atom is 0.193 e. The van der Waals surface area contributed by atoms with Crippen molar-refractivity contribution in [1.82, 2.24) is 10.2 Å². The van der Waals surface area contributed by atoms with Gasteiger partial charge in [-0.25, -0.2) is 4.79 Å². The number of nitrogens with one attached hydrogen (secondary N) is 2. The van der Waals surface area contributed by atoms with Crippen LogP contribution in [0.25, 0.3) is 0 Å². The Hall–Kier alpha value is -1.77. The van der Waals surface area contributed by atoms with E-state index in [1.165, 1.54) is 0 Å². The highest BCUT2D eigenvalue weighted by atomic mass is 16.1. The molecule has 1 aromatic carbocycles. The molecule has 1 fully saturated rings. The molecule has 16 heavy (non-hydrogen) atoms. The lowest BCUT2D eigenvalue weighted by atomic mass is 10.3. The van der Waals surface area contributed by atoms with E-state index in [0.717, 1.165) is 31.9 Å². The summed E-state index contributed by atoms with van der Waals surface area (Å²) in [7, 11) is 0. The zero-order valence-electron chi connectivity index (χ0n) is 9.07. The smallest absolute Gasteiger partial charge is 0.193 e. The van der Waals surface area contributed by atoms with Gasteiger partial charge in [0, 0.05) is 31.9 Å². The normalized spacial score (nSPS) is 15.4. The second-order valence-electron chi connectivity index (χ2n) is 3.68. The van der Waals surface area contributed by atoms with Crippen molar-refractivity contribution in [2.45, 2.75) is 0 Å². The topological polar surface area (TPSA) is 44.4 Å². The second kappa shape index (κ2) is 5.35. The average molecular weight is 217 g/mol. The van der Waals surface area contributed by atoms with Gasteiger partial charge in [0.25, 0.3) is 0 Å². The second-order valence-corrected chi connectivity index (χ2v) is 3.68. The van der Waals surface area contributed by atoms with Gasteiger partial charge in [-0.15, -0.1) is 0 Å². The molecule has 0 aromatic heterocycles. The lowest BCUT2D eigenvalue weighted by Crippen LogP contribution is -2.44. The van der Waals surface area contributed by atoms with E-state index in [9.17, 15) is 4.79 Å². The van der Waals surface area contributed by atoms with Crippen molar-refractivity contribution in [2.75, 3.05) is 31.5 Å². The Balaban J connectivity index is 2.03. The highest BCUT2D eigenvalue weighted by molar-refractivity contribution is 5.61. The monoisotopic (exact) mass is 217 g/mol. The molecule has 1 aliphatic heterocycles. The third-order valence-electron chi connectivity index (χ3n) is 2.57. The van der Waals surface area contributed by atoms with E-state index < -0.39 is 0 Å². The molecule has 0 unspecified atom stereocenters. The van der Waals surface area contributed by atoms with Crippen LogP contribution < -0.4 is 10.6 Å². The number of piperazine rings is 1. The van der Waals surface area contributed by atoms with Crippen molar-refractivity contribution in [1.29, 1.82) is 0 Å². The molecule has 0 saturated carbocycles. The van der Waals surface area contributed by atoms with Crippen LogP contribution in [0.15, 0.2) is 36.2 Å². The molecule has 1 aliphatic rings. The van der Waals surface area contributed by atoms with E-state index in [2.05, 4.69) is 10.6 Å². The van der Waals surface area contributed by atoms with Gasteiger partial charge in [-0.1, -0.05) is 18.2 Å². The van der Waals surface area contributed by atoms with E-state index in [1.54, 1.807) is 0 Å². The number of hydrogen-bond acceptors (Lipinski definition) is 4. The molecule has 0 aliphatic carbocycles. The zero-order chi connectivity index (χ0) is 11.2. The molecular weight excluding hydrogens is 202 g/mol. The number of rotatable bonds is 3. The van der Waals surface area contributed by atoms with Crippen molar-refractivity contribution in [3.05, 3.63) is 36.2 Å². The first-order valence-electron chi connectivity index (χ1n) is 5.43. The SMILES string of the molecule is O=C=C(Nc1ccccc1)N1CCNCC1. The molecule has 0 amide bonds. The largest absolute Gasteiger partial charge is 0.346 e. The lowest BCUT2D eigenvalue weighted by Gasteiger charge is -2.29. The summed E-state index contributed by atoms with van der Waals surface area (Å²) in [5, 5.41) is 6.33. The molecular formula is C12H15N3O. The van der Waals surface area contributed by atoms with Crippen LogP contribution in [0.5, 0.6) is 0 Å². The van der Waals surface area contributed by atoms with Crippen molar-refractivity contribution < 1.29 is 4.79 Å². The van der Waals surface area contributed by atoms with Crippen LogP contribution in [0.2, 0.25) is 0 Å². The summed E-state index contributed by atoms with van der Waals surface area (Å²) in [6.45, 7) is 3.48. The quantitative estimate of drug-likeness (QED) is 0.731. The summed E-state index contributed by atoms with van der Waals surface area (Å²) in [5.41, 5.74) is 0.916. The highest BCUT2D eigenvalue weighted by Gasteiger charge is 2.13. The molecule has 1 aromatic rings. The number of hydrogen-bond donors (Lipinski definition) is 2. The number of nitrogens with zero attached hydrogens (tertiary/aromatic N) is 1. The fourth-order valence-electron chi connectivity index (χ4n) is 1.72. The third-order valence-corrected chi connectivity index (χ3v) is 2.57. The predicted molar refractivity (Wildman–Crippen MR) is 63.7 cm³/mol. The summed E-state index contributed by atoms with van der Waals surface area (Å²) in [4.78, 5) is 12.9. The van der Waals surface area contributed by atoms with Gasteiger partial charge in [-0.05, 0) is 12.1 Å². The molecule has 2 rings (SSSR count). The first kappa shape index (κ1) is 10.7. The predicted octanol–water partition coefficient (Wildman–Crippen LogP) is 0.677. The van der Waals surface area contributed by atoms with E-state index in [1.807, 2.05) is 41.2 Å². The third kappa shape index (κ3) is 2.63. The maximum absolute atomic E-state index is 10.9. The molecule has 0 radical (unpaired) electrons. The summed E-state index contributed by atoms with van der Waals surface area (Å²) < 4.78 is 0. The summed E-state index contributed by atoms with van der Waals surface area (Å²) >= 11 is 0. The van der Waals surface area contributed by atoms with Crippen molar-refractivity contribution in [2.24, 2.45) is 0 Å². The molecule has 1 saturated heterocycles. The van der Waals surface area contributed by atoms with Gasteiger partial charge in [-0.3, -0.25) is 0 Å². The first-order valence-corrected chi connectivity index (χ1v) is 5.43. The Morgan fingerprint density at radius 1 is 1.25 bits per heavy atom. The summed E-state index contributed by atoms with van der Waals surface area (Å²) in [5.74, 6) is 2.49. The molecule has 2 N–H and O–H groups in total. The zero-order valence-corrected chi connectivity index (χ0v) is 9.07. The van der Waals surface area contributed by atoms with Crippen molar-refractivity contribution in [3.63, 3.8) is 0 Å². The number of para-hydroxylation sites is 1. The molecule has 4 nitrogen and oxygen atoms in total. The minimum Gasteiger partial charge on any atom is -0.346 e. The molecule has 0 atom stereocenters. The van der Waals surface area contributed by atoms with Gasteiger partial charge in [-0.2, -0.15) is 0 Å². The van der Waals surface area contributed by atoms with Gasteiger partial charge in [0.05, 0.1) is 0 Å². The van der Waals surface area contributed by atoms with Gasteiger partial charge in [0.15, 0.2) is 11.8 Å². The van der Waals surface area contributed by atoms with E-state index >= 15 is 0 Å². The van der Waals surface area contributed by atoms with Gasteiger partial charge >= 0.3 is 0 Å². The van der Waals surface area contributed by atoms with Crippen molar-refractivity contribution in [3.8, 4) is 0 Å². The van der Waals surface area contributed by atoms with Crippen LogP contribution in [0.3, 0.4) is 0 Å². The van der Waals surface area contributed by atoms with Crippen LogP contribution in [-0.4, -0.2) is 37.0 Å². The summed E-state index contributed by atoms with van der Waals surface area (Å²) in [6.07, 6.45) is 0. The Kier molecular flexibility index (Phi) is 3.59. The Labute approximate surface area is 94.9 Å². The van der Waals surface area contributed by atoms with Gasteiger partial charge in [0.1, 0.15) is 0 Å². The number of carbonyl (C=O) groups excluding carboxylic acids is 1. The van der Waals surface area contributed by atoms with Crippen LogP contribution in [-0.2, 0) is 4.79 Å². The summed E-state index contributed by atoms with van der Waals surface area (Å²) in [6, 6.07) is 9.67. The van der Waals surface area contributed by atoms with Crippen LogP contribution in [0.4, 0.5) is 5.69 Å². The van der Waals surface area contributed by atoms with E-state index in [0.29, 0.717) is 5.82 Å². The number of benzene rings is 1. The van der Waals surface area contributed by atoms with E-state index in [4.69, 9.17) is 0 Å². The lowest BCUT2D eigenvalue weighted by molar-refractivity contribution is 0.304. The van der Waals surface area contributed by atoms with E-state index in [-0.39, 0.29) is 0 Å². The maximum atomic E-state index is 10.9. The van der Waals surface area contributed by atoms with Crippen LogP contribution >= 0.6 is 0 Å². The molecule has 1 heterocycles. The minimum absolute atomic E-state index is 0.521. The minimum atomic E-state index is 0.521. The van der Waals surface area contributed by atoms with Gasteiger partial charge in [0.2, 0.25) is 0 Å². The number of anilines is 1. The van der Waals surface area contributed by atoms with Crippen LogP contribution in [0, 0.1) is 0 Å². The van der Waals surface area contributed by atoms with Crippen LogP contribution in [0.1, 0.15) is 0 Å². The Morgan fingerprint density at radius 3 is 2.56 bits per heavy atom. The molecule has 0 spiro atoms. The Morgan fingerprint density at radius 2 is 1.94 bits per heavy atom. The molecule has 84 valence electrons. The average Bonchev–Trinajstić information content (AvgIpc) is 2.38. The first-order chi connectivity index (χ1) is 7.90. The van der Waals surface area contributed by atoms with Crippen molar-refractivity contribution >= 4 is 11.6 Å². The molecule has 4 heteroatoms. The fraction of sp³-hybridized carbons (Fsp3) is 0.333. The van der Waals surface area contributed by atoms with Gasteiger partial charge < -0.3 is 15.5 Å². The highest BCUT2D eigenvalue weighted by Crippen LogP contribution is 2.10. The molecule has 0 bridgehead atoms. The standard InChI is InChI=1S/C12H15N3O/c16-10-12(15-8-6-13-7-9-15)14-11-4-2-1-3-5-11/h1-5,13-14H,6-9H2.